The Morgan fingerprint density at radius 3 is 2.28 bits per heavy atom. The molecule has 4 rings (SSSR count). The Labute approximate surface area is 205 Å². The van der Waals surface area contributed by atoms with E-state index in [0.717, 1.165) is 11.2 Å². The van der Waals surface area contributed by atoms with Gasteiger partial charge < -0.3 is 24.1 Å². The lowest BCUT2D eigenvalue weighted by Gasteiger charge is -2.35. The van der Waals surface area contributed by atoms with Crippen molar-refractivity contribution in [2.24, 2.45) is 5.41 Å². The molecular formula is C25H25F3N2O6. The average Bonchev–Trinajstić information content (AvgIpc) is 3.40. The molecule has 2 heterocycles. The number of benzene rings is 1. The van der Waals surface area contributed by atoms with E-state index in [0.29, 0.717) is 17.1 Å². The van der Waals surface area contributed by atoms with Gasteiger partial charge in [0.2, 0.25) is 5.54 Å². The first kappa shape index (κ1) is 25.3. The van der Waals surface area contributed by atoms with E-state index in [9.17, 15) is 27.6 Å². The number of alkyl halides is 3. The topological polar surface area (TPSA) is 98.1 Å². The van der Waals surface area contributed by atoms with Crippen LogP contribution in [0.25, 0.3) is 0 Å². The maximum atomic E-state index is 14.8. The van der Waals surface area contributed by atoms with Crippen molar-refractivity contribution in [2.75, 3.05) is 14.2 Å². The number of halogens is 3. The van der Waals surface area contributed by atoms with Crippen molar-refractivity contribution in [1.29, 1.82) is 0 Å². The number of nitrogens with one attached hydrogen (secondary N) is 1. The number of ether oxygens (including phenoxy) is 2. The molecule has 36 heavy (non-hydrogen) atoms. The molecule has 0 fully saturated rings. The van der Waals surface area contributed by atoms with Gasteiger partial charge in [0.05, 0.1) is 32.6 Å². The Bertz CT molecular complexity index is 1230. The second-order valence-corrected chi connectivity index (χ2v) is 9.55. The standard InChI is InChI=1S/C25H25F3N2O6/c1-23(2)11-17-20(18(31)12-23)24(25(26,27)28,29-21(32)19-6-5-7-36-19)22(33)30(17)13-14-8-15(34-3)10-16(9-14)35-4/h5-10H,11-13H2,1-4H3,(H,29,32)/t24-/m0/s1. The van der Waals surface area contributed by atoms with Crippen molar-refractivity contribution in [1.82, 2.24) is 10.2 Å². The predicted molar refractivity (Wildman–Crippen MR) is 120 cm³/mol. The van der Waals surface area contributed by atoms with E-state index in [4.69, 9.17) is 13.9 Å². The molecule has 0 unspecified atom stereocenters. The van der Waals surface area contributed by atoms with Gasteiger partial charge in [0.1, 0.15) is 11.5 Å². The van der Waals surface area contributed by atoms with Gasteiger partial charge in [-0.3, -0.25) is 14.4 Å². The number of hydrogen-bond acceptors (Lipinski definition) is 6. The van der Waals surface area contributed by atoms with E-state index in [1.165, 1.54) is 26.4 Å². The van der Waals surface area contributed by atoms with Gasteiger partial charge in [-0.25, -0.2) is 0 Å². The fraction of sp³-hybridized carbons (Fsp3) is 0.400. The fourth-order valence-corrected chi connectivity index (χ4v) is 4.77. The van der Waals surface area contributed by atoms with Crippen LogP contribution in [0, 0.1) is 5.41 Å². The highest BCUT2D eigenvalue weighted by atomic mass is 19.4. The van der Waals surface area contributed by atoms with Gasteiger partial charge in [0.25, 0.3) is 11.8 Å². The molecule has 1 aliphatic carbocycles. The van der Waals surface area contributed by atoms with Crippen LogP contribution in [0.15, 0.2) is 52.3 Å². The van der Waals surface area contributed by atoms with E-state index in [1.54, 1.807) is 32.0 Å². The van der Waals surface area contributed by atoms with Crippen molar-refractivity contribution >= 4 is 17.6 Å². The molecule has 1 N–H and O–H groups in total. The highest BCUT2D eigenvalue weighted by Gasteiger charge is 2.71. The number of allylic oxidation sites excluding steroid dienone is 1. The second-order valence-electron chi connectivity index (χ2n) is 9.55. The van der Waals surface area contributed by atoms with Crippen LogP contribution in [0.5, 0.6) is 11.5 Å². The van der Waals surface area contributed by atoms with E-state index in [1.807, 2.05) is 5.32 Å². The number of hydrogen-bond donors (Lipinski definition) is 1. The maximum absolute atomic E-state index is 14.8. The van der Waals surface area contributed by atoms with Crippen molar-refractivity contribution in [2.45, 2.75) is 44.9 Å². The van der Waals surface area contributed by atoms with Gasteiger partial charge in [0, 0.05) is 18.2 Å². The van der Waals surface area contributed by atoms with Gasteiger partial charge in [-0.15, -0.1) is 0 Å². The van der Waals surface area contributed by atoms with Crippen LogP contribution < -0.4 is 14.8 Å². The average molecular weight is 506 g/mol. The number of furan rings is 1. The summed E-state index contributed by atoms with van der Waals surface area (Å²) in [6.45, 7) is 3.17. The maximum Gasteiger partial charge on any atom is 0.425 e. The van der Waals surface area contributed by atoms with Crippen LogP contribution in [-0.2, 0) is 16.1 Å². The molecule has 1 atom stereocenters. The van der Waals surface area contributed by atoms with Gasteiger partial charge in [0.15, 0.2) is 11.5 Å². The summed E-state index contributed by atoms with van der Waals surface area (Å²) in [6, 6.07) is 7.19. The number of methoxy groups -OCH3 is 2. The van der Waals surface area contributed by atoms with Crippen molar-refractivity contribution in [3.63, 3.8) is 0 Å². The highest BCUT2D eigenvalue weighted by molar-refractivity contribution is 6.14. The number of nitrogens with zero attached hydrogens (tertiary/aromatic N) is 1. The monoisotopic (exact) mass is 506 g/mol. The summed E-state index contributed by atoms with van der Waals surface area (Å²) >= 11 is 0. The minimum Gasteiger partial charge on any atom is -0.497 e. The first-order valence-electron chi connectivity index (χ1n) is 11.1. The lowest BCUT2D eigenvalue weighted by molar-refractivity contribution is -0.191. The molecule has 2 aromatic rings. The number of carbonyl (C=O) groups is 3. The lowest BCUT2D eigenvalue weighted by atomic mass is 9.72. The zero-order valence-electron chi connectivity index (χ0n) is 20.1. The van der Waals surface area contributed by atoms with Gasteiger partial charge >= 0.3 is 6.18 Å². The number of Topliss-reactive ketones (excluding diaryl/α,β-unsaturated/α-hetero) is 1. The first-order chi connectivity index (χ1) is 16.8. The number of amides is 2. The summed E-state index contributed by atoms with van der Waals surface area (Å²) in [5.41, 5.74) is -4.66. The summed E-state index contributed by atoms with van der Waals surface area (Å²) in [4.78, 5) is 40.6. The Hall–Kier alpha value is -3.76. The second kappa shape index (κ2) is 8.72. The molecule has 1 aliphatic heterocycles. The normalized spacial score (nSPS) is 21.5. The largest absolute Gasteiger partial charge is 0.497 e. The molecule has 11 heteroatoms. The third-order valence-electron chi connectivity index (χ3n) is 6.34. The van der Waals surface area contributed by atoms with Crippen LogP contribution in [0.3, 0.4) is 0 Å². The summed E-state index contributed by atoms with van der Waals surface area (Å²) in [6.07, 6.45) is -4.39. The summed E-state index contributed by atoms with van der Waals surface area (Å²) in [5, 5.41) is 1.83. The first-order valence-corrected chi connectivity index (χ1v) is 11.1. The van der Waals surface area contributed by atoms with Crippen LogP contribution in [-0.4, -0.2) is 48.4 Å². The van der Waals surface area contributed by atoms with Crippen molar-refractivity contribution < 1.29 is 41.4 Å². The quantitative estimate of drug-likeness (QED) is 0.636. The van der Waals surface area contributed by atoms with Crippen molar-refractivity contribution in [3.05, 3.63) is 59.2 Å². The van der Waals surface area contributed by atoms with Crippen LogP contribution in [0.2, 0.25) is 0 Å². The molecular weight excluding hydrogens is 481 g/mol. The molecule has 0 spiro atoms. The van der Waals surface area contributed by atoms with Gasteiger partial charge in [-0.2, -0.15) is 13.2 Å². The van der Waals surface area contributed by atoms with Crippen LogP contribution in [0.4, 0.5) is 13.2 Å². The minimum atomic E-state index is -5.31. The minimum absolute atomic E-state index is 0.0232. The molecule has 2 aliphatic rings. The summed E-state index contributed by atoms with van der Waals surface area (Å²) < 4.78 is 59.9. The summed E-state index contributed by atoms with van der Waals surface area (Å²) in [5.74, 6) is -3.25. The Morgan fingerprint density at radius 2 is 1.75 bits per heavy atom. The van der Waals surface area contributed by atoms with E-state index >= 15 is 0 Å². The van der Waals surface area contributed by atoms with Crippen LogP contribution >= 0.6 is 0 Å². The third-order valence-corrected chi connectivity index (χ3v) is 6.34. The Balaban J connectivity index is 1.88. The molecule has 1 aromatic heterocycles. The van der Waals surface area contributed by atoms with E-state index in [2.05, 4.69) is 0 Å². The van der Waals surface area contributed by atoms with E-state index in [-0.39, 0.29) is 25.1 Å². The molecule has 1 aromatic carbocycles. The molecule has 0 saturated heterocycles. The molecule has 0 saturated carbocycles. The Morgan fingerprint density at radius 1 is 1.11 bits per heavy atom. The summed E-state index contributed by atoms with van der Waals surface area (Å²) in [7, 11) is 2.84. The van der Waals surface area contributed by atoms with Gasteiger partial charge in [-0.05, 0) is 41.7 Å². The fourth-order valence-electron chi connectivity index (χ4n) is 4.77. The van der Waals surface area contributed by atoms with E-state index < -0.39 is 46.1 Å². The SMILES string of the molecule is COc1cc(CN2C(=O)[C@](NC(=O)c3ccco3)(C(F)(F)F)C3=C2CC(C)(C)CC3=O)cc(OC)c1. The third kappa shape index (κ3) is 4.12. The number of ketones is 1. The number of carbonyl (C=O) groups excluding carboxylic acids is 3. The van der Waals surface area contributed by atoms with Gasteiger partial charge in [-0.1, -0.05) is 13.8 Å². The zero-order valence-corrected chi connectivity index (χ0v) is 20.1. The zero-order chi connectivity index (χ0) is 26.5. The molecule has 2 amide bonds. The molecule has 0 radical (unpaired) electrons. The number of rotatable bonds is 6. The lowest BCUT2D eigenvalue weighted by Crippen LogP contribution is -2.66. The van der Waals surface area contributed by atoms with Crippen LogP contribution in [0.1, 0.15) is 42.8 Å². The Kier molecular flexibility index (Phi) is 6.14. The molecule has 192 valence electrons. The molecule has 0 bridgehead atoms. The predicted octanol–water partition coefficient (Wildman–Crippen LogP) is 4.01. The van der Waals surface area contributed by atoms with Crippen molar-refractivity contribution in [3.8, 4) is 11.5 Å². The molecule has 8 nitrogen and oxygen atoms in total. The smallest absolute Gasteiger partial charge is 0.425 e. The highest BCUT2D eigenvalue weighted by Crippen LogP contribution is 2.52.